The number of rotatable bonds is 5. The van der Waals surface area contributed by atoms with Gasteiger partial charge in [-0.3, -0.25) is 4.79 Å². The summed E-state index contributed by atoms with van der Waals surface area (Å²) in [4.78, 5) is 23.6. The lowest BCUT2D eigenvalue weighted by Crippen LogP contribution is -2.17. The van der Waals surface area contributed by atoms with E-state index in [0.29, 0.717) is 24.7 Å². The molecule has 2 rings (SSSR count). The Hall–Kier alpha value is -2.50. The Morgan fingerprint density at radius 2 is 1.83 bits per heavy atom. The number of hydrogen-bond donors (Lipinski definition) is 2. The molecule has 18 heavy (non-hydrogen) atoms. The number of pyridine rings is 1. The molecule has 2 aromatic rings. The Kier molecular flexibility index (Phi) is 4.18. The van der Waals surface area contributed by atoms with Crippen LogP contribution in [0.5, 0.6) is 0 Å². The fourth-order valence-electron chi connectivity index (χ4n) is 1.32. The lowest BCUT2D eigenvalue weighted by atomic mass is 10.4. The highest BCUT2D eigenvalue weighted by Crippen LogP contribution is 2.01. The van der Waals surface area contributed by atoms with Crippen LogP contribution < -0.4 is 10.6 Å². The number of anilines is 2. The van der Waals surface area contributed by atoms with Crippen molar-refractivity contribution < 1.29 is 4.79 Å². The number of carbonyl (C=O) groups excluding carboxylic acids is 1. The van der Waals surface area contributed by atoms with Gasteiger partial charge in [0.2, 0.25) is 11.9 Å². The molecule has 2 heterocycles. The van der Waals surface area contributed by atoms with E-state index in [2.05, 4.69) is 25.6 Å². The third-order valence-electron chi connectivity index (χ3n) is 2.13. The predicted molar refractivity (Wildman–Crippen MR) is 68.0 cm³/mol. The van der Waals surface area contributed by atoms with Crippen LogP contribution in [0.1, 0.15) is 6.42 Å². The average Bonchev–Trinajstić information content (AvgIpc) is 2.41. The first kappa shape index (κ1) is 12.0. The molecule has 1 amide bonds. The second kappa shape index (κ2) is 6.29. The van der Waals surface area contributed by atoms with Crippen molar-refractivity contribution in [3.63, 3.8) is 0 Å². The summed E-state index contributed by atoms with van der Waals surface area (Å²) in [6, 6.07) is 7.09. The van der Waals surface area contributed by atoms with E-state index in [-0.39, 0.29) is 5.91 Å². The first-order chi connectivity index (χ1) is 8.84. The number of amides is 1. The van der Waals surface area contributed by atoms with Crippen LogP contribution in [0.15, 0.2) is 42.9 Å². The van der Waals surface area contributed by atoms with E-state index in [1.54, 1.807) is 36.8 Å². The molecule has 0 saturated carbocycles. The minimum atomic E-state index is -0.0999. The van der Waals surface area contributed by atoms with Gasteiger partial charge in [-0.2, -0.15) is 0 Å². The van der Waals surface area contributed by atoms with Crippen LogP contribution in [-0.2, 0) is 4.79 Å². The fraction of sp³-hybridized carbons (Fsp3) is 0.167. The number of hydrogen-bond acceptors (Lipinski definition) is 5. The molecule has 2 aromatic heterocycles. The summed E-state index contributed by atoms with van der Waals surface area (Å²) in [7, 11) is 0. The molecule has 0 radical (unpaired) electrons. The SMILES string of the molecule is O=C(CCNc1ncccn1)Nc1ccccn1. The van der Waals surface area contributed by atoms with Crippen LogP contribution in [0.2, 0.25) is 0 Å². The summed E-state index contributed by atoms with van der Waals surface area (Å²) < 4.78 is 0. The molecular formula is C12H13N5O. The van der Waals surface area contributed by atoms with E-state index < -0.39 is 0 Å². The minimum Gasteiger partial charge on any atom is -0.354 e. The fourth-order valence-corrected chi connectivity index (χ4v) is 1.32. The molecule has 0 unspecified atom stereocenters. The molecule has 6 heteroatoms. The molecule has 0 aliphatic rings. The van der Waals surface area contributed by atoms with Crippen molar-refractivity contribution in [2.24, 2.45) is 0 Å². The van der Waals surface area contributed by atoms with E-state index in [1.165, 1.54) is 0 Å². The normalized spacial score (nSPS) is 9.78. The predicted octanol–water partition coefficient (Wildman–Crippen LogP) is 1.31. The molecule has 0 aliphatic carbocycles. The average molecular weight is 243 g/mol. The van der Waals surface area contributed by atoms with Gasteiger partial charge in [0.25, 0.3) is 0 Å². The second-order valence-electron chi connectivity index (χ2n) is 3.51. The summed E-state index contributed by atoms with van der Waals surface area (Å²) in [5.74, 6) is 0.971. The quantitative estimate of drug-likeness (QED) is 0.827. The van der Waals surface area contributed by atoms with Gasteiger partial charge < -0.3 is 10.6 Å². The Morgan fingerprint density at radius 1 is 1.06 bits per heavy atom. The van der Waals surface area contributed by atoms with Gasteiger partial charge in [0, 0.05) is 31.6 Å². The maximum atomic E-state index is 11.6. The summed E-state index contributed by atoms with van der Waals surface area (Å²) in [5, 5.41) is 5.66. The number of nitrogens with zero attached hydrogens (tertiary/aromatic N) is 3. The van der Waals surface area contributed by atoms with E-state index in [0.717, 1.165) is 0 Å². The zero-order chi connectivity index (χ0) is 12.6. The maximum absolute atomic E-state index is 11.6. The van der Waals surface area contributed by atoms with Gasteiger partial charge in [0.15, 0.2) is 0 Å². The first-order valence-electron chi connectivity index (χ1n) is 5.56. The van der Waals surface area contributed by atoms with Crippen LogP contribution in [0.3, 0.4) is 0 Å². The van der Waals surface area contributed by atoms with Crippen molar-refractivity contribution in [1.29, 1.82) is 0 Å². The number of nitrogens with one attached hydrogen (secondary N) is 2. The van der Waals surface area contributed by atoms with Crippen LogP contribution in [0.4, 0.5) is 11.8 Å². The maximum Gasteiger partial charge on any atom is 0.227 e. The monoisotopic (exact) mass is 243 g/mol. The van der Waals surface area contributed by atoms with E-state index in [9.17, 15) is 4.79 Å². The first-order valence-corrected chi connectivity index (χ1v) is 5.56. The third kappa shape index (κ3) is 3.82. The Bertz CT molecular complexity index is 488. The molecule has 2 N–H and O–H groups in total. The largest absolute Gasteiger partial charge is 0.354 e. The molecule has 0 bridgehead atoms. The van der Waals surface area contributed by atoms with Gasteiger partial charge in [-0.05, 0) is 18.2 Å². The van der Waals surface area contributed by atoms with E-state index >= 15 is 0 Å². The topological polar surface area (TPSA) is 79.8 Å². The van der Waals surface area contributed by atoms with Crippen LogP contribution in [0, 0.1) is 0 Å². The summed E-state index contributed by atoms with van der Waals surface area (Å²) in [6.07, 6.45) is 5.24. The summed E-state index contributed by atoms with van der Waals surface area (Å²) >= 11 is 0. The zero-order valence-corrected chi connectivity index (χ0v) is 9.71. The smallest absolute Gasteiger partial charge is 0.227 e. The van der Waals surface area contributed by atoms with Crippen molar-refractivity contribution in [3.05, 3.63) is 42.9 Å². The third-order valence-corrected chi connectivity index (χ3v) is 2.13. The van der Waals surface area contributed by atoms with Gasteiger partial charge in [-0.15, -0.1) is 0 Å². The van der Waals surface area contributed by atoms with E-state index in [1.807, 2.05) is 6.07 Å². The van der Waals surface area contributed by atoms with E-state index in [4.69, 9.17) is 0 Å². The Balaban J connectivity index is 1.73. The van der Waals surface area contributed by atoms with Gasteiger partial charge in [-0.1, -0.05) is 6.07 Å². The zero-order valence-electron chi connectivity index (χ0n) is 9.71. The highest BCUT2D eigenvalue weighted by Gasteiger charge is 2.02. The van der Waals surface area contributed by atoms with Crippen molar-refractivity contribution in [2.45, 2.75) is 6.42 Å². The summed E-state index contributed by atoms with van der Waals surface area (Å²) in [6.45, 7) is 0.475. The van der Waals surface area contributed by atoms with Crippen molar-refractivity contribution in [3.8, 4) is 0 Å². The molecule has 0 aliphatic heterocycles. The molecule has 92 valence electrons. The lowest BCUT2D eigenvalue weighted by Gasteiger charge is -2.05. The molecule has 0 fully saturated rings. The standard InChI is InChI=1S/C12H13N5O/c18-11(17-10-4-1-2-6-13-10)5-9-16-12-14-7-3-8-15-12/h1-4,6-8H,5,9H2,(H,13,17,18)(H,14,15,16). The van der Waals surface area contributed by atoms with Crippen LogP contribution in [-0.4, -0.2) is 27.4 Å². The molecule has 0 aromatic carbocycles. The number of carbonyl (C=O) groups is 1. The van der Waals surface area contributed by atoms with Gasteiger partial charge in [0.05, 0.1) is 0 Å². The molecule has 0 saturated heterocycles. The van der Waals surface area contributed by atoms with Crippen molar-refractivity contribution in [1.82, 2.24) is 15.0 Å². The minimum absolute atomic E-state index is 0.0999. The molecular weight excluding hydrogens is 230 g/mol. The highest BCUT2D eigenvalue weighted by atomic mass is 16.1. The van der Waals surface area contributed by atoms with Gasteiger partial charge >= 0.3 is 0 Å². The highest BCUT2D eigenvalue weighted by molar-refractivity contribution is 5.89. The summed E-state index contributed by atoms with van der Waals surface area (Å²) in [5.41, 5.74) is 0. The second-order valence-corrected chi connectivity index (χ2v) is 3.51. The van der Waals surface area contributed by atoms with Gasteiger partial charge in [-0.25, -0.2) is 15.0 Å². The Labute approximate surface area is 105 Å². The lowest BCUT2D eigenvalue weighted by molar-refractivity contribution is -0.116. The molecule has 0 atom stereocenters. The van der Waals surface area contributed by atoms with Crippen LogP contribution >= 0.6 is 0 Å². The Morgan fingerprint density at radius 3 is 2.56 bits per heavy atom. The van der Waals surface area contributed by atoms with Gasteiger partial charge in [0.1, 0.15) is 5.82 Å². The van der Waals surface area contributed by atoms with Crippen LogP contribution in [0.25, 0.3) is 0 Å². The van der Waals surface area contributed by atoms with Crippen molar-refractivity contribution in [2.75, 3.05) is 17.2 Å². The molecule has 6 nitrogen and oxygen atoms in total. The number of aromatic nitrogens is 3. The molecule has 0 spiro atoms. The van der Waals surface area contributed by atoms with Crippen molar-refractivity contribution >= 4 is 17.7 Å².